The Balaban J connectivity index is 1.38. The highest BCUT2D eigenvalue weighted by Crippen LogP contribution is 2.47. The van der Waals surface area contributed by atoms with E-state index in [1.807, 2.05) is 0 Å². The Bertz CT molecular complexity index is 1330. The molecule has 2 aliphatic heterocycles. The summed E-state index contributed by atoms with van der Waals surface area (Å²) in [5, 5.41) is 29.3. The summed E-state index contributed by atoms with van der Waals surface area (Å²) >= 11 is 0. The lowest BCUT2D eigenvalue weighted by Gasteiger charge is -2.48. The van der Waals surface area contributed by atoms with Crippen molar-refractivity contribution in [3.05, 3.63) is 95.6 Å². The number of hydrogen-bond donors (Lipinski definition) is 3. The van der Waals surface area contributed by atoms with Crippen LogP contribution >= 0.6 is 0 Å². The van der Waals surface area contributed by atoms with Crippen LogP contribution in [0.3, 0.4) is 0 Å². The number of benzene rings is 3. The predicted octanol–water partition coefficient (Wildman–Crippen LogP) is 4.86. The molecule has 1 amide bonds. The number of β-lactam (4-membered cyclic amide) rings is 1. The molecule has 210 valence electrons. The molecule has 0 radical (unpaired) electrons. The normalized spacial score (nSPS) is 25.3. The number of phenolic OH excluding ortho intramolecular Hbond substituents is 1. The van der Waals surface area contributed by atoms with Crippen molar-refractivity contribution < 1.29 is 43.2 Å². The maximum Gasteiger partial charge on any atom is 0.333 e. The maximum atomic E-state index is 13.7. The van der Waals surface area contributed by atoms with Crippen LogP contribution in [0.2, 0.25) is 0 Å². The number of aromatic hydroxyl groups is 1. The van der Waals surface area contributed by atoms with Gasteiger partial charge in [0.05, 0.1) is 24.2 Å². The van der Waals surface area contributed by atoms with Gasteiger partial charge in [0, 0.05) is 18.5 Å². The lowest BCUT2D eigenvalue weighted by Crippen LogP contribution is -2.55. The van der Waals surface area contributed by atoms with E-state index in [9.17, 15) is 33.7 Å². The number of rotatable bonds is 9. The van der Waals surface area contributed by atoms with Gasteiger partial charge in [0.2, 0.25) is 5.91 Å². The first-order chi connectivity index (χ1) is 19.2. The SMILES string of the molecule is O=C(O)[C@@H]1C[C@H](O)CC(O[C@@H](CCC2C(=O)N(c3ccc(F)cc3)C2c2ccc(O)cc2)c2ccc(F)cc2)O1. The lowest BCUT2D eigenvalue weighted by molar-refractivity contribution is -0.239. The summed E-state index contributed by atoms with van der Waals surface area (Å²) in [6.07, 6.45) is -3.18. The molecule has 5 rings (SSSR count). The quantitative estimate of drug-likeness (QED) is 0.324. The fourth-order valence-electron chi connectivity index (χ4n) is 5.38. The summed E-state index contributed by atoms with van der Waals surface area (Å²) in [5.41, 5.74) is 1.94. The number of halogens is 2. The Morgan fingerprint density at radius 1 is 0.975 bits per heavy atom. The van der Waals surface area contributed by atoms with Gasteiger partial charge in [-0.25, -0.2) is 13.6 Å². The van der Waals surface area contributed by atoms with E-state index < -0.39 is 54.2 Å². The number of aliphatic carboxylic acids is 1. The highest BCUT2D eigenvalue weighted by atomic mass is 19.1. The van der Waals surface area contributed by atoms with Crippen LogP contribution in [0.5, 0.6) is 5.75 Å². The molecule has 2 saturated heterocycles. The number of nitrogens with zero attached hydrogens (tertiary/aromatic N) is 1. The average molecular weight is 554 g/mol. The molecule has 6 atom stereocenters. The smallest absolute Gasteiger partial charge is 0.333 e. The molecule has 0 spiro atoms. The number of carbonyl (C=O) groups is 2. The first-order valence-electron chi connectivity index (χ1n) is 13.0. The van der Waals surface area contributed by atoms with Crippen LogP contribution in [0.4, 0.5) is 14.5 Å². The number of carboxylic acids is 1. The molecule has 0 saturated carbocycles. The van der Waals surface area contributed by atoms with Gasteiger partial charge >= 0.3 is 5.97 Å². The van der Waals surface area contributed by atoms with E-state index in [-0.39, 0.29) is 24.5 Å². The monoisotopic (exact) mass is 553 g/mol. The van der Waals surface area contributed by atoms with Crippen molar-refractivity contribution in [2.75, 3.05) is 4.90 Å². The lowest BCUT2D eigenvalue weighted by atomic mass is 9.78. The van der Waals surface area contributed by atoms with Gasteiger partial charge in [-0.05, 0) is 72.5 Å². The average Bonchev–Trinajstić information content (AvgIpc) is 2.93. The topological polar surface area (TPSA) is 117 Å². The minimum Gasteiger partial charge on any atom is -0.508 e. The summed E-state index contributed by atoms with van der Waals surface area (Å²) in [5.74, 6) is -2.63. The van der Waals surface area contributed by atoms with Gasteiger partial charge in [0.15, 0.2) is 12.4 Å². The number of aliphatic hydroxyl groups excluding tert-OH is 1. The Morgan fingerprint density at radius 2 is 1.60 bits per heavy atom. The second-order valence-corrected chi connectivity index (χ2v) is 10.1. The Labute approximate surface area is 229 Å². The van der Waals surface area contributed by atoms with Crippen LogP contribution in [0, 0.1) is 17.6 Å². The highest BCUT2D eigenvalue weighted by molar-refractivity contribution is 6.03. The third kappa shape index (κ3) is 5.99. The molecular weight excluding hydrogens is 524 g/mol. The van der Waals surface area contributed by atoms with Crippen LogP contribution in [0.25, 0.3) is 0 Å². The summed E-state index contributed by atoms with van der Waals surface area (Å²) in [7, 11) is 0. The third-order valence-corrected chi connectivity index (χ3v) is 7.39. The molecule has 2 fully saturated rings. The molecule has 3 aromatic rings. The van der Waals surface area contributed by atoms with Crippen molar-refractivity contribution in [2.45, 2.75) is 56.3 Å². The largest absolute Gasteiger partial charge is 0.508 e. The van der Waals surface area contributed by atoms with Gasteiger partial charge in [-0.3, -0.25) is 4.79 Å². The fourth-order valence-corrected chi connectivity index (χ4v) is 5.38. The van der Waals surface area contributed by atoms with Crippen LogP contribution in [0.15, 0.2) is 72.8 Å². The Kier molecular flexibility index (Phi) is 8.11. The number of carbonyl (C=O) groups excluding carboxylic acids is 1. The molecule has 0 aromatic heterocycles. The molecular formula is C30H29F2NO7. The van der Waals surface area contributed by atoms with Crippen molar-refractivity contribution in [3.63, 3.8) is 0 Å². The fraction of sp³-hybridized carbons (Fsp3) is 0.333. The highest BCUT2D eigenvalue weighted by Gasteiger charge is 2.48. The number of phenols is 1. The Morgan fingerprint density at radius 3 is 2.23 bits per heavy atom. The molecule has 3 aromatic carbocycles. The number of aliphatic hydroxyl groups is 1. The Hall–Kier alpha value is -3.86. The minimum atomic E-state index is -1.22. The van der Waals surface area contributed by atoms with E-state index in [0.717, 1.165) is 5.56 Å². The van der Waals surface area contributed by atoms with E-state index >= 15 is 0 Å². The zero-order chi connectivity index (χ0) is 28.4. The van der Waals surface area contributed by atoms with E-state index in [0.29, 0.717) is 24.1 Å². The van der Waals surface area contributed by atoms with Crippen LogP contribution < -0.4 is 4.90 Å². The van der Waals surface area contributed by atoms with E-state index in [1.165, 1.54) is 48.5 Å². The molecule has 10 heteroatoms. The summed E-state index contributed by atoms with van der Waals surface area (Å²) in [6.45, 7) is 0. The van der Waals surface area contributed by atoms with Crippen LogP contribution in [-0.2, 0) is 19.1 Å². The molecule has 3 N–H and O–H groups in total. The first kappa shape index (κ1) is 27.7. The number of carboxylic acid groups (broad SMARTS) is 1. The number of hydrogen-bond acceptors (Lipinski definition) is 6. The van der Waals surface area contributed by atoms with Crippen molar-refractivity contribution in [2.24, 2.45) is 5.92 Å². The summed E-state index contributed by atoms with van der Waals surface area (Å²) < 4.78 is 38.9. The van der Waals surface area contributed by atoms with Crippen molar-refractivity contribution >= 4 is 17.6 Å². The van der Waals surface area contributed by atoms with E-state index in [2.05, 4.69) is 0 Å². The van der Waals surface area contributed by atoms with Crippen molar-refractivity contribution in [1.82, 2.24) is 0 Å². The third-order valence-electron chi connectivity index (χ3n) is 7.39. The summed E-state index contributed by atoms with van der Waals surface area (Å²) in [6, 6.07) is 17.4. The zero-order valence-corrected chi connectivity index (χ0v) is 21.4. The van der Waals surface area contributed by atoms with Gasteiger partial charge in [-0.1, -0.05) is 24.3 Å². The predicted molar refractivity (Wildman–Crippen MR) is 139 cm³/mol. The van der Waals surface area contributed by atoms with Gasteiger partial charge in [-0.15, -0.1) is 0 Å². The van der Waals surface area contributed by atoms with Gasteiger partial charge in [0.25, 0.3) is 0 Å². The van der Waals surface area contributed by atoms with E-state index in [4.69, 9.17) is 9.47 Å². The maximum absolute atomic E-state index is 13.7. The zero-order valence-electron chi connectivity index (χ0n) is 21.4. The second-order valence-electron chi connectivity index (χ2n) is 10.1. The standard InChI is InChI=1S/C30H29F2NO7/c31-19-5-1-17(2-6-19)25(39-27-16-23(35)15-26(40-27)30(37)38)14-13-24-28(18-3-11-22(34)12-4-18)33(29(24)36)21-9-7-20(32)8-10-21/h1-12,23-28,34-35H,13-16H2,(H,37,38)/t23-,24?,25-,26-,27?,28?/m0/s1. The number of ether oxygens (including phenoxy) is 2. The van der Waals surface area contributed by atoms with Crippen LogP contribution in [-0.4, -0.2) is 45.7 Å². The summed E-state index contributed by atoms with van der Waals surface area (Å²) in [4.78, 5) is 26.5. The minimum absolute atomic E-state index is 0.0550. The molecule has 2 heterocycles. The van der Waals surface area contributed by atoms with Crippen LogP contribution in [0.1, 0.15) is 49.0 Å². The van der Waals surface area contributed by atoms with E-state index in [1.54, 1.807) is 29.2 Å². The number of anilines is 1. The van der Waals surface area contributed by atoms with Gasteiger partial charge in [-0.2, -0.15) is 0 Å². The second kappa shape index (κ2) is 11.7. The van der Waals surface area contributed by atoms with Gasteiger partial charge < -0.3 is 29.7 Å². The van der Waals surface area contributed by atoms with Gasteiger partial charge in [0.1, 0.15) is 17.4 Å². The molecule has 0 bridgehead atoms. The van der Waals surface area contributed by atoms with Crippen molar-refractivity contribution in [3.8, 4) is 5.75 Å². The molecule has 0 aliphatic carbocycles. The molecule has 40 heavy (non-hydrogen) atoms. The molecule has 2 aliphatic rings. The molecule has 8 nitrogen and oxygen atoms in total. The first-order valence-corrected chi connectivity index (χ1v) is 13.0. The number of amides is 1. The van der Waals surface area contributed by atoms with Crippen molar-refractivity contribution in [1.29, 1.82) is 0 Å². The molecule has 3 unspecified atom stereocenters.